The molecule has 0 aliphatic rings. The van der Waals surface area contributed by atoms with Crippen LogP contribution in [0.1, 0.15) is 21.5 Å². The number of benzene rings is 2. The van der Waals surface area contributed by atoms with Crippen LogP contribution in [-0.2, 0) is 16.0 Å². The van der Waals surface area contributed by atoms with Gasteiger partial charge in [0.25, 0.3) is 0 Å². The van der Waals surface area contributed by atoms with Gasteiger partial charge in [0, 0.05) is 29.4 Å². The number of nitrogens with one attached hydrogen (secondary N) is 2. The molecular formula is C27H24ClN9O3. The minimum atomic E-state index is -0.457. The Morgan fingerprint density at radius 1 is 1.12 bits per heavy atom. The Balaban J connectivity index is 1.31. The molecule has 12 nitrogen and oxygen atoms in total. The molecule has 0 bridgehead atoms. The summed E-state index contributed by atoms with van der Waals surface area (Å²) in [6.07, 6.45) is 6.77. The van der Waals surface area contributed by atoms with Gasteiger partial charge in [0.1, 0.15) is 6.33 Å². The number of methoxy groups -OCH3 is 1. The lowest BCUT2D eigenvalue weighted by molar-refractivity contribution is -0.117. The zero-order valence-electron chi connectivity index (χ0n) is 21.3. The van der Waals surface area contributed by atoms with E-state index in [2.05, 4.69) is 36.2 Å². The van der Waals surface area contributed by atoms with E-state index in [1.165, 1.54) is 24.2 Å². The average molecular weight is 558 g/mol. The van der Waals surface area contributed by atoms with Gasteiger partial charge >= 0.3 is 5.97 Å². The van der Waals surface area contributed by atoms with Crippen molar-refractivity contribution in [2.75, 3.05) is 19.0 Å². The van der Waals surface area contributed by atoms with Gasteiger partial charge in [0.2, 0.25) is 11.9 Å². The van der Waals surface area contributed by atoms with Crippen molar-refractivity contribution in [1.29, 1.82) is 0 Å². The highest BCUT2D eigenvalue weighted by Gasteiger charge is 2.15. The summed E-state index contributed by atoms with van der Waals surface area (Å²) in [5.74, 6) is -0.396. The molecule has 1 amide bonds. The fourth-order valence-corrected chi connectivity index (χ4v) is 4.22. The maximum absolute atomic E-state index is 13.0. The number of tetrazole rings is 1. The molecule has 0 aliphatic heterocycles. The third kappa shape index (κ3) is 6.48. The van der Waals surface area contributed by atoms with Crippen molar-refractivity contribution >= 4 is 41.1 Å². The largest absolute Gasteiger partial charge is 0.465 e. The van der Waals surface area contributed by atoms with E-state index in [9.17, 15) is 9.59 Å². The number of carbonyl (C=O) groups is 2. The van der Waals surface area contributed by atoms with Gasteiger partial charge in [-0.2, -0.15) is 9.67 Å². The minimum Gasteiger partial charge on any atom is -0.465 e. The van der Waals surface area contributed by atoms with Crippen molar-refractivity contribution in [2.45, 2.75) is 12.5 Å². The van der Waals surface area contributed by atoms with Crippen LogP contribution in [0.25, 0.3) is 17.4 Å². The molecule has 1 atom stereocenters. The summed E-state index contributed by atoms with van der Waals surface area (Å²) in [5, 5.41) is 22.4. The monoisotopic (exact) mass is 557 g/mol. The number of rotatable bonds is 10. The lowest BCUT2D eigenvalue weighted by atomic mass is 10.1. The molecule has 0 saturated carbocycles. The van der Waals surface area contributed by atoms with Gasteiger partial charge < -0.3 is 15.4 Å². The van der Waals surface area contributed by atoms with Gasteiger partial charge in [-0.25, -0.2) is 9.31 Å². The van der Waals surface area contributed by atoms with Crippen LogP contribution in [0, 0.1) is 0 Å². The Morgan fingerprint density at radius 3 is 2.75 bits per heavy atom. The van der Waals surface area contributed by atoms with Crippen molar-refractivity contribution in [3.05, 3.63) is 101 Å². The highest BCUT2D eigenvalue weighted by molar-refractivity contribution is 6.30. The summed E-state index contributed by atoms with van der Waals surface area (Å²) < 4.78 is 7.81. The molecule has 13 heteroatoms. The van der Waals surface area contributed by atoms with Crippen LogP contribution in [0.15, 0.2) is 79.3 Å². The Bertz CT molecular complexity index is 1650. The number of amides is 1. The summed E-state index contributed by atoms with van der Waals surface area (Å²) >= 11 is 6.19. The molecule has 5 aromatic rings. The number of hydrogen-bond acceptors (Lipinski definition) is 9. The first-order valence-electron chi connectivity index (χ1n) is 12.2. The lowest BCUT2D eigenvalue weighted by Crippen LogP contribution is -2.40. The third-order valence-corrected chi connectivity index (χ3v) is 6.17. The van der Waals surface area contributed by atoms with Crippen LogP contribution in [0.2, 0.25) is 5.02 Å². The molecule has 2 aromatic carbocycles. The van der Waals surface area contributed by atoms with Crippen molar-refractivity contribution < 1.29 is 14.3 Å². The number of esters is 1. The highest BCUT2D eigenvalue weighted by Crippen LogP contribution is 2.20. The van der Waals surface area contributed by atoms with Crippen LogP contribution in [0.4, 0.5) is 5.95 Å². The summed E-state index contributed by atoms with van der Waals surface area (Å²) in [6.45, 7) is 0.349. The molecule has 40 heavy (non-hydrogen) atoms. The van der Waals surface area contributed by atoms with E-state index in [-0.39, 0.29) is 11.9 Å². The number of nitrogens with zero attached hydrogens (tertiary/aromatic N) is 7. The van der Waals surface area contributed by atoms with Crippen molar-refractivity contribution in [2.24, 2.45) is 0 Å². The van der Waals surface area contributed by atoms with Crippen LogP contribution >= 0.6 is 11.6 Å². The van der Waals surface area contributed by atoms with E-state index >= 15 is 0 Å². The summed E-state index contributed by atoms with van der Waals surface area (Å²) in [6, 6.07) is 18.0. The van der Waals surface area contributed by atoms with Crippen LogP contribution < -0.4 is 10.6 Å². The summed E-state index contributed by atoms with van der Waals surface area (Å²) in [5.41, 5.74) is 3.26. The van der Waals surface area contributed by atoms with Crippen molar-refractivity contribution in [3.8, 4) is 5.69 Å². The highest BCUT2D eigenvalue weighted by atomic mass is 35.5. The number of aromatic nitrogens is 7. The SMILES string of the molecule is COC(=O)c1ccn2nc(NC[C@H](Cc3ccccc3)NC(=O)/C=C/c3cc(Cl)ccc3-n3cnnn3)nc2c1. The topological polar surface area (TPSA) is 141 Å². The Morgan fingerprint density at radius 2 is 1.98 bits per heavy atom. The number of anilines is 1. The number of pyridine rings is 1. The van der Waals surface area contributed by atoms with Gasteiger partial charge in [-0.15, -0.1) is 10.2 Å². The van der Waals surface area contributed by atoms with E-state index in [1.54, 1.807) is 47.1 Å². The normalized spacial score (nSPS) is 11.9. The maximum atomic E-state index is 13.0. The van der Waals surface area contributed by atoms with Gasteiger partial charge in [-0.1, -0.05) is 41.9 Å². The standard InChI is InChI=1S/C27H24ClN9O3/c1-40-26(39)20-11-12-36-24(15-20)32-27(33-36)29-16-22(13-18-5-3-2-4-6-18)31-25(38)10-7-19-14-21(28)8-9-23(19)37-17-30-34-35-37/h2-12,14-15,17,22H,13,16H2,1H3,(H,29,33)(H,31,38)/b10-7+/t22-/m0/s1. The van der Waals surface area contributed by atoms with Gasteiger partial charge in [-0.3, -0.25) is 4.79 Å². The zero-order valence-corrected chi connectivity index (χ0v) is 22.1. The molecule has 202 valence electrons. The first-order chi connectivity index (χ1) is 19.5. The third-order valence-electron chi connectivity index (χ3n) is 5.94. The van der Waals surface area contributed by atoms with Crippen molar-refractivity contribution in [3.63, 3.8) is 0 Å². The second-order valence-electron chi connectivity index (χ2n) is 8.71. The molecule has 2 N–H and O–H groups in total. The molecule has 0 saturated heterocycles. The minimum absolute atomic E-state index is 0.295. The van der Waals surface area contributed by atoms with E-state index in [1.807, 2.05) is 30.3 Å². The molecule has 5 rings (SSSR count). The number of hydrogen-bond donors (Lipinski definition) is 2. The average Bonchev–Trinajstić information content (AvgIpc) is 3.65. The van der Waals surface area contributed by atoms with Crippen LogP contribution in [0.5, 0.6) is 0 Å². The smallest absolute Gasteiger partial charge is 0.338 e. The number of fused-ring (bicyclic) bond motifs is 1. The van der Waals surface area contributed by atoms with Crippen molar-refractivity contribution in [1.82, 2.24) is 40.1 Å². The van der Waals surface area contributed by atoms with E-state index in [0.717, 1.165) is 5.56 Å². The first-order valence-corrected chi connectivity index (χ1v) is 12.6. The van der Waals surface area contributed by atoms with Gasteiger partial charge in [0.15, 0.2) is 5.65 Å². The first kappa shape index (κ1) is 26.5. The van der Waals surface area contributed by atoms with E-state index < -0.39 is 5.97 Å². The quantitative estimate of drug-likeness (QED) is 0.196. The Labute approximate surface area is 233 Å². The molecule has 3 aromatic heterocycles. The second-order valence-corrected chi connectivity index (χ2v) is 9.15. The van der Waals surface area contributed by atoms with Gasteiger partial charge in [0.05, 0.1) is 24.4 Å². The summed E-state index contributed by atoms with van der Waals surface area (Å²) in [4.78, 5) is 29.3. The van der Waals surface area contributed by atoms with Crippen LogP contribution in [0.3, 0.4) is 0 Å². The van der Waals surface area contributed by atoms with E-state index in [4.69, 9.17) is 16.3 Å². The second kappa shape index (κ2) is 12.2. The van der Waals surface area contributed by atoms with E-state index in [0.29, 0.717) is 46.4 Å². The Hall–Kier alpha value is -5.10. The molecule has 3 heterocycles. The molecule has 0 spiro atoms. The Kier molecular flexibility index (Phi) is 8.07. The lowest BCUT2D eigenvalue weighted by Gasteiger charge is -2.18. The maximum Gasteiger partial charge on any atom is 0.338 e. The molecule has 0 radical (unpaired) electrons. The fourth-order valence-electron chi connectivity index (χ4n) is 4.04. The molecular weight excluding hydrogens is 534 g/mol. The molecule has 0 fully saturated rings. The molecule has 0 unspecified atom stereocenters. The number of ether oxygens (including phenoxy) is 1. The predicted molar refractivity (Wildman–Crippen MR) is 148 cm³/mol. The van der Waals surface area contributed by atoms with Crippen LogP contribution in [-0.4, -0.2) is 66.4 Å². The number of carbonyl (C=O) groups excluding carboxylic acids is 2. The summed E-state index contributed by atoms with van der Waals surface area (Å²) in [7, 11) is 1.32. The molecule has 0 aliphatic carbocycles. The predicted octanol–water partition coefficient (Wildman–Crippen LogP) is 3.00. The fraction of sp³-hybridized carbons (Fsp3) is 0.148. The number of halogens is 1. The van der Waals surface area contributed by atoms with Gasteiger partial charge in [-0.05, 0) is 58.8 Å². The zero-order chi connectivity index (χ0) is 27.9.